The zero-order chi connectivity index (χ0) is 14.4. The van der Waals surface area contributed by atoms with E-state index < -0.39 is 0 Å². The smallest absolute Gasteiger partial charge is 0.324 e. The van der Waals surface area contributed by atoms with Crippen molar-refractivity contribution >= 4 is 5.95 Å². The molecule has 7 nitrogen and oxygen atoms in total. The summed E-state index contributed by atoms with van der Waals surface area (Å²) in [7, 11) is 4.82. The highest BCUT2D eigenvalue weighted by molar-refractivity contribution is 5.29. The summed E-state index contributed by atoms with van der Waals surface area (Å²) in [5.74, 6) is 1.16. The number of anilines is 1. The Morgan fingerprint density at radius 3 is 2.55 bits per heavy atom. The van der Waals surface area contributed by atoms with Gasteiger partial charge in [0, 0.05) is 7.05 Å². The first-order chi connectivity index (χ1) is 9.75. The number of methoxy groups -OCH3 is 2. The van der Waals surface area contributed by atoms with E-state index in [9.17, 15) is 0 Å². The molecule has 0 fully saturated rings. The highest BCUT2D eigenvalue weighted by Crippen LogP contribution is 2.16. The minimum Gasteiger partial charge on any atom is -0.497 e. The summed E-state index contributed by atoms with van der Waals surface area (Å²) in [6.45, 7) is 0.327. The monoisotopic (exact) mass is 276 g/mol. The minimum absolute atomic E-state index is 0.198. The Kier molecular flexibility index (Phi) is 4.54. The Morgan fingerprint density at radius 2 is 1.85 bits per heavy atom. The SMILES string of the molecule is CNc1nc(OC)nc(OCc2cccc(OC)c2)n1. The maximum atomic E-state index is 5.54. The standard InChI is InChI=1S/C13H16N4O3/c1-14-11-15-12(19-3)17-13(16-11)20-8-9-5-4-6-10(7-9)18-2/h4-7H,8H2,1-3H3,(H,14,15,16,17). The first-order valence-corrected chi connectivity index (χ1v) is 5.98. The van der Waals surface area contributed by atoms with Gasteiger partial charge in [-0.25, -0.2) is 0 Å². The third kappa shape index (κ3) is 3.47. The molecule has 1 heterocycles. The van der Waals surface area contributed by atoms with E-state index >= 15 is 0 Å². The molecule has 0 spiro atoms. The molecule has 0 radical (unpaired) electrons. The molecule has 1 aromatic heterocycles. The van der Waals surface area contributed by atoms with Gasteiger partial charge in [0.05, 0.1) is 14.2 Å². The molecular weight excluding hydrogens is 260 g/mol. The van der Waals surface area contributed by atoms with Gasteiger partial charge >= 0.3 is 12.0 Å². The number of nitrogens with zero attached hydrogens (tertiary/aromatic N) is 3. The number of benzene rings is 1. The van der Waals surface area contributed by atoms with Crippen LogP contribution < -0.4 is 19.5 Å². The summed E-state index contributed by atoms with van der Waals surface area (Å²) in [6, 6.07) is 7.98. The van der Waals surface area contributed by atoms with Crippen molar-refractivity contribution < 1.29 is 14.2 Å². The number of nitrogens with one attached hydrogen (secondary N) is 1. The first kappa shape index (κ1) is 13.9. The van der Waals surface area contributed by atoms with Crippen molar-refractivity contribution in [3.63, 3.8) is 0 Å². The Hall–Kier alpha value is -2.57. The Balaban J connectivity index is 2.09. The zero-order valence-corrected chi connectivity index (χ0v) is 11.6. The molecule has 0 aliphatic carbocycles. The lowest BCUT2D eigenvalue weighted by molar-refractivity contribution is 0.270. The molecular formula is C13H16N4O3. The maximum absolute atomic E-state index is 5.54. The summed E-state index contributed by atoms with van der Waals surface area (Å²) in [6.07, 6.45) is 0. The van der Waals surface area contributed by atoms with Crippen molar-refractivity contribution in [2.45, 2.75) is 6.61 Å². The molecule has 0 amide bonds. The van der Waals surface area contributed by atoms with Crippen LogP contribution in [0.3, 0.4) is 0 Å². The lowest BCUT2D eigenvalue weighted by Crippen LogP contribution is -2.05. The largest absolute Gasteiger partial charge is 0.497 e. The van der Waals surface area contributed by atoms with E-state index in [1.54, 1.807) is 14.2 Å². The fourth-order valence-corrected chi connectivity index (χ4v) is 1.52. The van der Waals surface area contributed by atoms with Crippen LogP contribution in [0.25, 0.3) is 0 Å². The first-order valence-electron chi connectivity index (χ1n) is 5.98. The summed E-state index contributed by atoms with van der Waals surface area (Å²) < 4.78 is 15.7. The van der Waals surface area contributed by atoms with Crippen molar-refractivity contribution in [3.8, 4) is 17.8 Å². The van der Waals surface area contributed by atoms with Gasteiger partial charge in [0.15, 0.2) is 0 Å². The molecule has 20 heavy (non-hydrogen) atoms. The average molecular weight is 276 g/mol. The van der Waals surface area contributed by atoms with Crippen molar-refractivity contribution in [2.24, 2.45) is 0 Å². The summed E-state index contributed by atoms with van der Waals surface area (Å²) >= 11 is 0. The van der Waals surface area contributed by atoms with Crippen molar-refractivity contribution in [1.82, 2.24) is 15.0 Å². The van der Waals surface area contributed by atoms with Crippen LogP contribution in [0.1, 0.15) is 5.56 Å². The molecule has 0 aliphatic heterocycles. The Morgan fingerprint density at radius 1 is 1.05 bits per heavy atom. The van der Waals surface area contributed by atoms with Crippen molar-refractivity contribution in [3.05, 3.63) is 29.8 Å². The van der Waals surface area contributed by atoms with E-state index in [0.717, 1.165) is 11.3 Å². The number of rotatable bonds is 6. The van der Waals surface area contributed by atoms with Gasteiger partial charge in [-0.15, -0.1) is 4.98 Å². The van der Waals surface area contributed by atoms with Crippen LogP contribution in [0.5, 0.6) is 17.8 Å². The topological polar surface area (TPSA) is 78.4 Å². The van der Waals surface area contributed by atoms with Gasteiger partial charge < -0.3 is 19.5 Å². The number of hydrogen-bond donors (Lipinski definition) is 1. The number of ether oxygens (including phenoxy) is 3. The van der Waals surface area contributed by atoms with Crippen LogP contribution in [-0.4, -0.2) is 36.2 Å². The molecule has 0 unspecified atom stereocenters. The van der Waals surface area contributed by atoms with Crippen molar-refractivity contribution in [2.75, 3.05) is 26.6 Å². The van der Waals surface area contributed by atoms with E-state index in [0.29, 0.717) is 12.6 Å². The molecule has 2 rings (SSSR count). The van der Waals surface area contributed by atoms with Gasteiger partial charge in [-0.05, 0) is 17.7 Å². The molecule has 0 atom stereocenters. The van der Waals surface area contributed by atoms with E-state index in [1.807, 2.05) is 24.3 Å². The average Bonchev–Trinajstić information content (AvgIpc) is 2.52. The predicted molar refractivity (Wildman–Crippen MR) is 73.3 cm³/mol. The van der Waals surface area contributed by atoms with Gasteiger partial charge in [0.2, 0.25) is 5.95 Å². The number of aromatic nitrogens is 3. The van der Waals surface area contributed by atoms with E-state index in [1.165, 1.54) is 7.11 Å². The van der Waals surface area contributed by atoms with Crippen LogP contribution in [0.15, 0.2) is 24.3 Å². The molecule has 0 saturated carbocycles. The molecule has 0 aliphatic rings. The van der Waals surface area contributed by atoms with Crippen LogP contribution in [0, 0.1) is 0 Å². The third-order valence-corrected chi connectivity index (χ3v) is 2.50. The van der Waals surface area contributed by atoms with Crippen LogP contribution in [-0.2, 0) is 6.61 Å². The second-order valence-electron chi connectivity index (χ2n) is 3.82. The van der Waals surface area contributed by atoms with Gasteiger partial charge in [0.25, 0.3) is 0 Å². The quantitative estimate of drug-likeness (QED) is 0.856. The maximum Gasteiger partial charge on any atom is 0.324 e. The second-order valence-corrected chi connectivity index (χ2v) is 3.82. The molecule has 7 heteroatoms. The summed E-state index contributed by atoms with van der Waals surface area (Å²) in [4.78, 5) is 12.1. The zero-order valence-electron chi connectivity index (χ0n) is 11.6. The lowest BCUT2D eigenvalue weighted by Gasteiger charge is -2.08. The summed E-state index contributed by atoms with van der Waals surface area (Å²) in [5.41, 5.74) is 0.953. The van der Waals surface area contributed by atoms with Crippen LogP contribution in [0.2, 0.25) is 0 Å². The van der Waals surface area contributed by atoms with Crippen LogP contribution >= 0.6 is 0 Å². The Bertz CT molecular complexity index is 555. The fourth-order valence-electron chi connectivity index (χ4n) is 1.52. The lowest BCUT2D eigenvalue weighted by atomic mass is 10.2. The highest BCUT2D eigenvalue weighted by Gasteiger charge is 2.07. The van der Waals surface area contributed by atoms with E-state index in [-0.39, 0.29) is 12.0 Å². The predicted octanol–water partition coefficient (Wildman–Crippen LogP) is 1.51. The summed E-state index contributed by atoms with van der Waals surface area (Å²) in [5, 5.41) is 2.82. The molecule has 1 aromatic carbocycles. The van der Waals surface area contributed by atoms with Crippen LogP contribution in [0.4, 0.5) is 5.95 Å². The van der Waals surface area contributed by atoms with Crippen molar-refractivity contribution in [1.29, 1.82) is 0 Å². The van der Waals surface area contributed by atoms with Gasteiger partial charge in [0.1, 0.15) is 12.4 Å². The second kappa shape index (κ2) is 6.55. The Labute approximate surface area is 116 Å². The van der Waals surface area contributed by atoms with E-state index in [4.69, 9.17) is 14.2 Å². The van der Waals surface area contributed by atoms with Gasteiger partial charge in [-0.2, -0.15) is 9.97 Å². The highest BCUT2D eigenvalue weighted by atomic mass is 16.5. The minimum atomic E-state index is 0.198. The number of hydrogen-bond acceptors (Lipinski definition) is 7. The molecule has 0 saturated heterocycles. The fraction of sp³-hybridized carbons (Fsp3) is 0.308. The molecule has 0 bridgehead atoms. The molecule has 1 N–H and O–H groups in total. The van der Waals surface area contributed by atoms with Gasteiger partial charge in [-0.1, -0.05) is 12.1 Å². The third-order valence-electron chi connectivity index (χ3n) is 2.50. The van der Waals surface area contributed by atoms with Gasteiger partial charge in [-0.3, -0.25) is 0 Å². The molecule has 2 aromatic rings. The molecule has 106 valence electrons. The normalized spacial score (nSPS) is 9.95. The van der Waals surface area contributed by atoms with E-state index in [2.05, 4.69) is 20.3 Å².